The van der Waals surface area contributed by atoms with Crippen LogP contribution < -0.4 is 10.6 Å². The van der Waals surface area contributed by atoms with Crippen LogP contribution in [0.2, 0.25) is 0 Å². The number of benzene rings is 1. The van der Waals surface area contributed by atoms with E-state index in [2.05, 4.69) is 39.7 Å². The van der Waals surface area contributed by atoms with Gasteiger partial charge in [-0.1, -0.05) is 18.7 Å². The van der Waals surface area contributed by atoms with Gasteiger partial charge in [0.25, 0.3) is 0 Å². The highest BCUT2D eigenvalue weighted by molar-refractivity contribution is 5.97. The summed E-state index contributed by atoms with van der Waals surface area (Å²) in [5.41, 5.74) is 4.63. The zero-order chi connectivity index (χ0) is 25.9. The second-order valence-corrected chi connectivity index (χ2v) is 9.72. The molecule has 2 aliphatic heterocycles. The molecule has 1 aromatic carbocycles. The minimum atomic E-state index is -0.512. The zero-order valence-electron chi connectivity index (χ0n) is 21.3. The van der Waals surface area contributed by atoms with Crippen molar-refractivity contribution in [1.82, 2.24) is 9.88 Å². The second-order valence-electron chi connectivity index (χ2n) is 9.72. The first kappa shape index (κ1) is 25.8. The lowest BCUT2D eigenvalue weighted by atomic mass is 9.95. The molecule has 0 spiro atoms. The van der Waals surface area contributed by atoms with Crippen LogP contribution in [-0.2, 0) is 27.3 Å². The summed E-state index contributed by atoms with van der Waals surface area (Å²) in [5, 5.41) is 9.49. The molecular weight excluding hydrogens is 458 g/mol. The predicted molar refractivity (Wildman–Crippen MR) is 136 cm³/mol. The molecular formula is C27H33N5O4. The van der Waals surface area contributed by atoms with E-state index in [9.17, 15) is 5.26 Å². The van der Waals surface area contributed by atoms with E-state index in [1.807, 2.05) is 33.8 Å². The molecule has 0 amide bonds. The summed E-state index contributed by atoms with van der Waals surface area (Å²) < 4.78 is 17.3. The van der Waals surface area contributed by atoms with Crippen LogP contribution in [0.3, 0.4) is 0 Å². The molecule has 0 radical (unpaired) electrons. The molecule has 4 rings (SSSR count). The number of nitrogens with two attached hydrogens (primary N) is 1. The van der Waals surface area contributed by atoms with E-state index in [4.69, 9.17) is 24.9 Å². The summed E-state index contributed by atoms with van der Waals surface area (Å²) in [7, 11) is 0. The van der Waals surface area contributed by atoms with Crippen molar-refractivity contribution >= 4 is 11.6 Å². The lowest BCUT2D eigenvalue weighted by Gasteiger charge is -2.42. The van der Waals surface area contributed by atoms with E-state index >= 15 is 0 Å². The van der Waals surface area contributed by atoms with E-state index in [1.165, 1.54) is 17.3 Å². The quantitative estimate of drug-likeness (QED) is 0.371. The van der Waals surface area contributed by atoms with Gasteiger partial charge in [0.1, 0.15) is 11.6 Å². The zero-order valence-corrected chi connectivity index (χ0v) is 21.3. The first-order valence-corrected chi connectivity index (χ1v) is 12.0. The Hall–Kier alpha value is -3.29. The molecule has 0 aliphatic carbocycles. The fourth-order valence-corrected chi connectivity index (χ4v) is 4.27. The molecule has 36 heavy (non-hydrogen) atoms. The molecule has 0 unspecified atom stereocenters. The van der Waals surface area contributed by atoms with Crippen molar-refractivity contribution in [2.24, 2.45) is 10.9 Å². The molecule has 0 atom stereocenters. The summed E-state index contributed by atoms with van der Waals surface area (Å²) in [6.07, 6.45) is 2.31. The molecule has 0 saturated carbocycles. The molecule has 1 fully saturated rings. The topological polar surface area (TPSA) is 115 Å². The summed E-state index contributed by atoms with van der Waals surface area (Å²) in [6.45, 7) is 14.8. The van der Waals surface area contributed by atoms with Gasteiger partial charge in [-0.3, -0.25) is 4.90 Å². The number of fused-ring (bicyclic) bond motifs is 1. The third kappa shape index (κ3) is 5.91. The second kappa shape index (κ2) is 10.8. The Labute approximate surface area is 212 Å². The number of hydrogen-bond acceptors (Lipinski definition) is 9. The van der Waals surface area contributed by atoms with Crippen molar-refractivity contribution in [1.29, 1.82) is 5.26 Å². The van der Waals surface area contributed by atoms with E-state index in [-0.39, 0.29) is 29.5 Å². The fraction of sp³-hybridized carbons (Fsp3) is 0.444. The normalized spacial score (nSPS) is 18.4. The van der Waals surface area contributed by atoms with Gasteiger partial charge in [-0.25, -0.2) is 9.98 Å². The number of pyridine rings is 1. The fourth-order valence-electron chi connectivity index (χ4n) is 4.27. The number of rotatable bonds is 6. The number of aromatic nitrogens is 1. The standard InChI is InChI=1S/C27H33N5O4/c1-17(2)35-25-22(12-28)11-23(13-30-25)26(36-29)31-18(3)19-6-7-21-14-32(9-8-20(21)10-19)24-15-33-27(4,5)34-16-24/h6-7,10-11,13,17,24H,3,8-9,14-16,29H2,1-2,4-5H3/b31-26-. The highest BCUT2D eigenvalue weighted by Crippen LogP contribution is 2.28. The van der Waals surface area contributed by atoms with Crippen LogP contribution in [0.1, 0.15) is 55.5 Å². The Morgan fingerprint density at radius 3 is 2.67 bits per heavy atom. The van der Waals surface area contributed by atoms with Crippen molar-refractivity contribution < 1.29 is 19.0 Å². The van der Waals surface area contributed by atoms with E-state index < -0.39 is 5.79 Å². The van der Waals surface area contributed by atoms with Crippen LogP contribution in [0.15, 0.2) is 42.0 Å². The van der Waals surface area contributed by atoms with Crippen molar-refractivity contribution in [2.75, 3.05) is 19.8 Å². The highest BCUT2D eigenvalue weighted by atomic mass is 16.7. The van der Waals surface area contributed by atoms with Gasteiger partial charge in [-0.2, -0.15) is 11.2 Å². The third-order valence-electron chi connectivity index (χ3n) is 6.26. The van der Waals surface area contributed by atoms with Gasteiger partial charge >= 0.3 is 0 Å². The lowest BCUT2D eigenvalue weighted by molar-refractivity contribution is -0.264. The van der Waals surface area contributed by atoms with E-state index in [1.54, 1.807) is 6.07 Å². The number of hydrogen-bond donors (Lipinski definition) is 1. The van der Waals surface area contributed by atoms with Gasteiger partial charge < -0.3 is 19.0 Å². The Kier molecular flexibility index (Phi) is 7.71. The summed E-state index contributed by atoms with van der Waals surface area (Å²) >= 11 is 0. The maximum atomic E-state index is 9.49. The Balaban J connectivity index is 1.48. The number of nitriles is 1. The average Bonchev–Trinajstić information content (AvgIpc) is 2.86. The Morgan fingerprint density at radius 1 is 1.25 bits per heavy atom. The van der Waals surface area contributed by atoms with Crippen LogP contribution in [-0.4, -0.2) is 53.5 Å². The van der Waals surface area contributed by atoms with Gasteiger partial charge in [0.2, 0.25) is 11.8 Å². The maximum Gasteiger partial charge on any atom is 0.246 e. The summed E-state index contributed by atoms with van der Waals surface area (Å²) in [6, 6.07) is 10.2. The maximum absolute atomic E-state index is 9.49. The molecule has 2 aromatic rings. The van der Waals surface area contributed by atoms with Crippen molar-refractivity contribution in [3.05, 3.63) is 64.9 Å². The molecule has 9 nitrogen and oxygen atoms in total. The van der Waals surface area contributed by atoms with Crippen LogP contribution in [0.4, 0.5) is 0 Å². The van der Waals surface area contributed by atoms with Gasteiger partial charge in [-0.05, 0) is 62.9 Å². The minimum absolute atomic E-state index is 0.110. The number of nitrogens with zero attached hydrogens (tertiary/aromatic N) is 4. The number of ether oxygens (including phenoxy) is 3. The van der Waals surface area contributed by atoms with Crippen LogP contribution in [0, 0.1) is 11.3 Å². The van der Waals surface area contributed by atoms with E-state index in [0.29, 0.717) is 24.5 Å². The monoisotopic (exact) mass is 491 g/mol. The smallest absolute Gasteiger partial charge is 0.246 e. The highest BCUT2D eigenvalue weighted by Gasteiger charge is 2.33. The van der Waals surface area contributed by atoms with E-state index in [0.717, 1.165) is 25.1 Å². The molecule has 190 valence electrons. The van der Waals surface area contributed by atoms with Crippen LogP contribution >= 0.6 is 0 Å². The van der Waals surface area contributed by atoms with Gasteiger partial charge in [0.15, 0.2) is 5.79 Å². The largest absolute Gasteiger partial charge is 0.474 e. The van der Waals surface area contributed by atoms with Crippen LogP contribution in [0.5, 0.6) is 5.88 Å². The molecule has 2 N–H and O–H groups in total. The Bertz CT molecular complexity index is 1190. The SMILES string of the molecule is C=C(/N=C(\ON)c1cnc(OC(C)C)c(C#N)c1)c1ccc2c(c1)CCN(C1COC(C)(C)OC1)C2. The van der Waals surface area contributed by atoms with Crippen molar-refractivity contribution in [3.8, 4) is 11.9 Å². The first-order chi connectivity index (χ1) is 17.2. The molecule has 1 aromatic heterocycles. The molecule has 9 heteroatoms. The molecule has 1 saturated heterocycles. The van der Waals surface area contributed by atoms with Gasteiger partial charge in [-0.15, -0.1) is 0 Å². The predicted octanol–water partition coefficient (Wildman–Crippen LogP) is 3.56. The molecule has 0 bridgehead atoms. The third-order valence-corrected chi connectivity index (χ3v) is 6.26. The summed E-state index contributed by atoms with van der Waals surface area (Å²) in [5.74, 6) is 5.37. The molecule has 2 aliphatic rings. The number of aliphatic imine (C=N–C) groups is 1. The summed E-state index contributed by atoms with van der Waals surface area (Å²) in [4.78, 5) is 16.2. The van der Waals surface area contributed by atoms with Crippen LogP contribution in [0.25, 0.3) is 5.70 Å². The van der Waals surface area contributed by atoms with Gasteiger partial charge in [0.05, 0.1) is 36.6 Å². The minimum Gasteiger partial charge on any atom is -0.474 e. The van der Waals surface area contributed by atoms with Gasteiger partial charge in [0, 0.05) is 19.3 Å². The van der Waals surface area contributed by atoms with Crippen molar-refractivity contribution in [2.45, 2.75) is 58.6 Å². The van der Waals surface area contributed by atoms with Crippen molar-refractivity contribution in [3.63, 3.8) is 0 Å². The Morgan fingerprint density at radius 2 is 2.00 bits per heavy atom. The lowest BCUT2D eigenvalue weighted by Crippen LogP contribution is -2.51. The first-order valence-electron chi connectivity index (χ1n) is 12.0. The average molecular weight is 492 g/mol. The molecule has 3 heterocycles.